The van der Waals surface area contributed by atoms with Gasteiger partial charge in [0.1, 0.15) is 11.4 Å². The predicted molar refractivity (Wildman–Crippen MR) is 63.4 cm³/mol. The van der Waals surface area contributed by atoms with Crippen molar-refractivity contribution in [3.05, 3.63) is 47.3 Å². The van der Waals surface area contributed by atoms with Gasteiger partial charge in [-0.1, -0.05) is 23.4 Å². The van der Waals surface area contributed by atoms with Crippen molar-refractivity contribution in [1.29, 1.82) is 0 Å². The quantitative estimate of drug-likeness (QED) is 0.848. The van der Waals surface area contributed by atoms with Crippen LogP contribution in [0.4, 0.5) is 13.2 Å². The van der Waals surface area contributed by atoms with E-state index in [9.17, 15) is 13.2 Å². The van der Waals surface area contributed by atoms with Gasteiger partial charge in [0.15, 0.2) is 0 Å². The van der Waals surface area contributed by atoms with Crippen LogP contribution in [0.3, 0.4) is 0 Å². The number of halogens is 3. The Bertz CT molecular complexity index is 570. The molecule has 1 aromatic heterocycles. The second-order valence-corrected chi connectivity index (χ2v) is 3.72. The van der Waals surface area contributed by atoms with Crippen LogP contribution in [0.25, 0.3) is 12.2 Å². The van der Waals surface area contributed by atoms with Crippen molar-refractivity contribution in [2.75, 3.05) is 7.11 Å². The van der Waals surface area contributed by atoms with Gasteiger partial charge >= 0.3 is 6.18 Å². The molecule has 0 saturated carbocycles. The zero-order valence-electron chi connectivity index (χ0n) is 9.94. The highest BCUT2D eigenvalue weighted by molar-refractivity contribution is 5.68. The van der Waals surface area contributed by atoms with Crippen LogP contribution in [0.5, 0.6) is 5.75 Å². The van der Waals surface area contributed by atoms with Crippen LogP contribution in [0.1, 0.15) is 17.0 Å². The van der Waals surface area contributed by atoms with Crippen LogP contribution in [-0.4, -0.2) is 12.3 Å². The summed E-state index contributed by atoms with van der Waals surface area (Å²) in [4.78, 5) is 0. The first-order chi connectivity index (χ1) is 8.99. The van der Waals surface area contributed by atoms with Crippen molar-refractivity contribution in [1.82, 2.24) is 5.16 Å². The van der Waals surface area contributed by atoms with Crippen LogP contribution in [0.15, 0.2) is 34.9 Å². The monoisotopic (exact) mass is 269 g/mol. The summed E-state index contributed by atoms with van der Waals surface area (Å²) < 4.78 is 46.0. The maximum atomic E-state index is 12.3. The van der Waals surface area contributed by atoms with E-state index in [4.69, 9.17) is 4.74 Å². The highest BCUT2D eigenvalue weighted by Gasteiger charge is 2.35. The second-order valence-electron chi connectivity index (χ2n) is 3.72. The Morgan fingerprint density at radius 3 is 2.37 bits per heavy atom. The summed E-state index contributed by atoms with van der Waals surface area (Å²) in [6, 6.07) is 7.91. The van der Waals surface area contributed by atoms with Gasteiger partial charge in [-0.2, -0.15) is 13.2 Å². The van der Waals surface area contributed by atoms with E-state index >= 15 is 0 Å². The van der Waals surface area contributed by atoms with Gasteiger partial charge in [-0.05, 0) is 23.8 Å². The third-order valence-corrected chi connectivity index (χ3v) is 2.37. The second kappa shape index (κ2) is 5.17. The molecule has 0 aliphatic heterocycles. The van der Waals surface area contributed by atoms with Gasteiger partial charge in [-0.25, -0.2) is 0 Å². The molecule has 19 heavy (non-hydrogen) atoms. The van der Waals surface area contributed by atoms with E-state index in [-0.39, 0.29) is 5.69 Å². The lowest BCUT2D eigenvalue weighted by atomic mass is 10.2. The minimum absolute atomic E-state index is 0.114. The summed E-state index contributed by atoms with van der Waals surface area (Å²) in [6.45, 7) is 0. The van der Waals surface area contributed by atoms with Crippen molar-refractivity contribution < 1.29 is 22.4 Å². The van der Waals surface area contributed by atoms with Gasteiger partial charge in [0.25, 0.3) is 0 Å². The average Bonchev–Trinajstić information content (AvgIpc) is 2.86. The van der Waals surface area contributed by atoms with Gasteiger partial charge in [-0.15, -0.1) is 0 Å². The first kappa shape index (κ1) is 13.2. The molecule has 0 radical (unpaired) electrons. The van der Waals surface area contributed by atoms with E-state index in [2.05, 4.69) is 9.68 Å². The lowest BCUT2D eigenvalue weighted by molar-refractivity contribution is -0.155. The number of alkyl halides is 3. The smallest absolute Gasteiger partial charge is 0.452 e. The molecule has 0 fully saturated rings. The van der Waals surface area contributed by atoms with Crippen molar-refractivity contribution in [2.45, 2.75) is 6.18 Å². The molecule has 0 unspecified atom stereocenters. The largest absolute Gasteiger partial charge is 0.497 e. The summed E-state index contributed by atoms with van der Waals surface area (Å²) in [5, 5.41) is 3.32. The molecule has 0 atom stereocenters. The zero-order chi connectivity index (χ0) is 13.9. The molecule has 6 heteroatoms. The van der Waals surface area contributed by atoms with Crippen molar-refractivity contribution in [2.24, 2.45) is 0 Å². The minimum Gasteiger partial charge on any atom is -0.497 e. The van der Waals surface area contributed by atoms with Gasteiger partial charge in [-0.3, -0.25) is 0 Å². The molecule has 0 aliphatic rings. The number of aromatic nitrogens is 1. The van der Waals surface area contributed by atoms with E-state index in [1.165, 1.54) is 6.08 Å². The molecule has 0 spiro atoms. The summed E-state index contributed by atoms with van der Waals surface area (Å²) in [7, 11) is 1.55. The van der Waals surface area contributed by atoms with Crippen LogP contribution in [0, 0.1) is 0 Å². The number of hydrogen-bond acceptors (Lipinski definition) is 3. The van der Waals surface area contributed by atoms with Crippen LogP contribution >= 0.6 is 0 Å². The molecule has 0 aliphatic carbocycles. The number of benzene rings is 1. The maximum absolute atomic E-state index is 12.3. The molecular formula is C13H10F3NO2. The molecule has 2 rings (SSSR count). The highest BCUT2D eigenvalue weighted by Crippen LogP contribution is 2.29. The Balaban J connectivity index is 2.11. The molecule has 0 amide bonds. The third kappa shape index (κ3) is 3.37. The minimum atomic E-state index is -4.51. The molecule has 100 valence electrons. The molecule has 0 bridgehead atoms. The first-order valence-corrected chi connectivity index (χ1v) is 5.35. The SMILES string of the molecule is COc1ccc(/C=C/c2cc(C(F)(F)F)on2)cc1. The van der Waals surface area contributed by atoms with Crippen LogP contribution in [-0.2, 0) is 6.18 Å². The van der Waals surface area contributed by atoms with Crippen molar-refractivity contribution in [3.8, 4) is 5.75 Å². The maximum Gasteiger partial charge on any atom is 0.452 e. The fourth-order valence-electron chi connectivity index (χ4n) is 1.40. The average molecular weight is 269 g/mol. The number of nitrogens with zero attached hydrogens (tertiary/aromatic N) is 1. The molecular weight excluding hydrogens is 259 g/mol. The van der Waals surface area contributed by atoms with Crippen LogP contribution in [0.2, 0.25) is 0 Å². The van der Waals surface area contributed by atoms with Crippen LogP contribution < -0.4 is 4.74 Å². The van der Waals surface area contributed by atoms with E-state index < -0.39 is 11.9 Å². The number of methoxy groups -OCH3 is 1. The Hall–Kier alpha value is -2.24. The Morgan fingerprint density at radius 1 is 1.16 bits per heavy atom. The van der Waals surface area contributed by atoms with E-state index in [0.717, 1.165) is 11.6 Å². The van der Waals surface area contributed by atoms with Gasteiger partial charge in [0.05, 0.1) is 7.11 Å². The summed E-state index contributed by atoms with van der Waals surface area (Å²) in [5.74, 6) is -0.403. The van der Waals surface area contributed by atoms with Crippen molar-refractivity contribution in [3.63, 3.8) is 0 Å². The fraction of sp³-hybridized carbons (Fsp3) is 0.154. The zero-order valence-corrected chi connectivity index (χ0v) is 9.94. The molecule has 0 N–H and O–H groups in total. The number of ether oxygens (including phenoxy) is 1. The Labute approximate surface area is 107 Å². The van der Waals surface area contributed by atoms with E-state index in [1.807, 2.05) is 0 Å². The van der Waals surface area contributed by atoms with Gasteiger partial charge < -0.3 is 9.26 Å². The summed E-state index contributed by atoms with van der Waals surface area (Å²) in [5.41, 5.74) is 0.931. The fourth-order valence-corrected chi connectivity index (χ4v) is 1.40. The topological polar surface area (TPSA) is 35.3 Å². The Kier molecular flexibility index (Phi) is 3.59. The summed E-state index contributed by atoms with van der Waals surface area (Å²) >= 11 is 0. The molecule has 1 heterocycles. The molecule has 3 nitrogen and oxygen atoms in total. The third-order valence-electron chi connectivity index (χ3n) is 2.37. The molecule has 1 aromatic carbocycles. The lowest BCUT2D eigenvalue weighted by Crippen LogP contribution is -2.02. The number of rotatable bonds is 3. The Morgan fingerprint density at radius 2 is 1.84 bits per heavy atom. The van der Waals surface area contributed by atoms with Gasteiger partial charge in [0.2, 0.25) is 5.76 Å². The molecule has 2 aromatic rings. The number of hydrogen-bond donors (Lipinski definition) is 0. The first-order valence-electron chi connectivity index (χ1n) is 5.35. The lowest BCUT2D eigenvalue weighted by Gasteiger charge is -1.98. The van der Waals surface area contributed by atoms with Crippen molar-refractivity contribution >= 4 is 12.2 Å². The van der Waals surface area contributed by atoms with Gasteiger partial charge in [0, 0.05) is 6.07 Å². The standard InChI is InChI=1S/C13H10F3NO2/c1-18-11-6-3-9(4-7-11)2-5-10-8-12(19-17-10)13(14,15)16/h2-8H,1H3/b5-2+. The van der Waals surface area contributed by atoms with E-state index in [1.54, 1.807) is 37.5 Å². The predicted octanol–water partition coefficient (Wildman–Crippen LogP) is 3.87. The summed E-state index contributed by atoms with van der Waals surface area (Å²) in [6.07, 6.45) is -1.43. The normalized spacial score (nSPS) is 12.0. The van der Waals surface area contributed by atoms with E-state index in [0.29, 0.717) is 5.75 Å². The highest BCUT2D eigenvalue weighted by atomic mass is 19.4. The molecule has 0 saturated heterocycles.